The normalized spacial score (nSPS) is 19.2. The zero-order valence-corrected chi connectivity index (χ0v) is 16.9. The van der Waals surface area contributed by atoms with Gasteiger partial charge in [0, 0.05) is 19.1 Å². The molecule has 1 fully saturated rings. The minimum Gasteiger partial charge on any atom is -0.465 e. The highest BCUT2D eigenvalue weighted by Crippen LogP contribution is 2.31. The summed E-state index contributed by atoms with van der Waals surface area (Å²) in [6.07, 6.45) is 0.268. The van der Waals surface area contributed by atoms with Gasteiger partial charge in [0.05, 0.1) is 19.3 Å². The number of amides is 1. The van der Waals surface area contributed by atoms with Crippen LogP contribution in [0.1, 0.15) is 29.0 Å². The average molecular weight is 405 g/mol. The van der Waals surface area contributed by atoms with Crippen LogP contribution in [0.5, 0.6) is 0 Å². The third-order valence-corrected chi connectivity index (χ3v) is 5.92. The number of aliphatic hydroxyl groups excluding tert-OH is 1. The maximum absolute atomic E-state index is 11.5. The second-order valence-corrected chi connectivity index (χ2v) is 7.87. The monoisotopic (exact) mass is 405 g/mol. The Labute approximate surface area is 176 Å². The zero-order valence-electron chi connectivity index (χ0n) is 16.9. The minimum atomic E-state index is -0.897. The summed E-state index contributed by atoms with van der Waals surface area (Å²) in [5, 5.41) is 20.9. The molecular weight excluding hydrogens is 378 g/mol. The lowest BCUT2D eigenvalue weighted by Gasteiger charge is -2.37. The Hall–Kier alpha value is -2.89. The number of piperidine rings is 1. The number of ether oxygens (including phenoxy) is 1. The lowest BCUT2D eigenvalue weighted by atomic mass is 9.86. The summed E-state index contributed by atoms with van der Waals surface area (Å²) >= 11 is 0. The number of hydrogen-bond acceptors (Lipinski definition) is 3. The van der Waals surface area contributed by atoms with E-state index >= 15 is 0 Å². The summed E-state index contributed by atoms with van der Waals surface area (Å²) in [6, 6.07) is 22.7. The Kier molecular flexibility index (Phi) is 6.31. The number of nitrogens with zero attached hydrogens (tertiary/aromatic N) is 1. The van der Waals surface area contributed by atoms with Crippen molar-refractivity contribution in [1.29, 1.82) is 0 Å². The fourth-order valence-corrected chi connectivity index (χ4v) is 4.23. The first kappa shape index (κ1) is 20.4. The second-order valence-electron chi connectivity index (χ2n) is 7.87. The van der Waals surface area contributed by atoms with Crippen molar-refractivity contribution < 1.29 is 19.7 Å². The van der Waals surface area contributed by atoms with Crippen LogP contribution in [0.4, 0.5) is 4.79 Å². The van der Waals surface area contributed by atoms with E-state index in [1.165, 1.54) is 15.7 Å². The van der Waals surface area contributed by atoms with Gasteiger partial charge in [0.2, 0.25) is 0 Å². The van der Waals surface area contributed by atoms with E-state index in [0.29, 0.717) is 26.1 Å². The number of aliphatic hydroxyl groups is 1. The van der Waals surface area contributed by atoms with Crippen LogP contribution in [-0.2, 0) is 17.8 Å². The first-order valence-corrected chi connectivity index (χ1v) is 10.4. The zero-order chi connectivity index (χ0) is 20.9. The van der Waals surface area contributed by atoms with Gasteiger partial charge < -0.3 is 19.8 Å². The van der Waals surface area contributed by atoms with Crippen LogP contribution in [0, 0.1) is 0 Å². The number of likely N-dealkylation sites (tertiary alicyclic amines) is 1. The standard InChI is InChI=1S/C25H27NO4/c27-14-12-18-5-9-21(10-6-18)23-11-13-26(25(28)29)16-24(23)30-17-19-7-8-20-3-1-2-4-22(20)15-19/h1-10,15,23-24,27H,11-14,16-17H2,(H,28,29). The molecule has 0 radical (unpaired) electrons. The molecular formula is C25H27NO4. The molecule has 1 aliphatic heterocycles. The highest BCUT2D eigenvalue weighted by molar-refractivity contribution is 5.82. The van der Waals surface area contributed by atoms with Gasteiger partial charge in [0.15, 0.2) is 0 Å². The molecule has 156 valence electrons. The van der Waals surface area contributed by atoms with E-state index in [9.17, 15) is 9.90 Å². The van der Waals surface area contributed by atoms with Crippen molar-refractivity contribution in [2.75, 3.05) is 19.7 Å². The van der Waals surface area contributed by atoms with E-state index in [2.05, 4.69) is 42.5 Å². The van der Waals surface area contributed by atoms with Gasteiger partial charge in [-0.1, -0.05) is 60.7 Å². The Balaban J connectivity index is 1.51. The van der Waals surface area contributed by atoms with E-state index in [-0.39, 0.29) is 18.6 Å². The number of rotatable bonds is 6. The van der Waals surface area contributed by atoms with Crippen LogP contribution < -0.4 is 0 Å². The number of carboxylic acid groups (broad SMARTS) is 1. The topological polar surface area (TPSA) is 70.0 Å². The predicted octanol–water partition coefficient (Wildman–Crippen LogP) is 4.43. The van der Waals surface area contributed by atoms with E-state index in [1.807, 2.05) is 24.3 Å². The summed E-state index contributed by atoms with van der Waals surface area (Å²) in [5.41, 5.74) is 3.33. The maximum atomic E-state index is 11.5. The summed E-state index contributed by atoms with van der Waals surface area (Å²) in [5.74, 6) is 0.143. The van der Waals surface area contributed by atoms with Crippen molar-refractivity contribution in [2.45, 2.75) is 31.5 Å². The fourth-order valence-electron chi connectivity index (χ4n) is 4.23. The third kappa shape index (κ3) is 4.64. The Morgan fingerprint density at radius 3 is 2.47 bits per heavy atom. The van der Waals surface area contributed by atoms with Crippen LogP contribution in [0.25, 0.3) is 10.8 Å². The van der Waals surface area contributed by atoms with Crippen LogP contribution in [-0.4, -0.2) is 47.0 Å². The predicted molar refractivity (Wildman–Crippen MR) is 117 cm³/mol. The fraction of sp³-hybridized carbons (Fsp3) is 0.320. The molecule has 5 nitrogen and oxygen atoms in total. The van der Waals surface area contributed by atoms with Gasteiger partial charge in [-0.15, -0.1) is 0 Å². The molecule has 3 aromatic carbocycles. The van der Waals surface area contributed by atoms with Gasteiger partial charge in [0.25, 0.3) is 0 Å². The molecule has 2 atom stereocenters. The molecule has 0 aliphatic carbocycles. The van der Waals surface area contributed by atoms with Crippen LogP contribution in [0.3, 0.4) is 0 Å². The van der Waals surface area contributed by atoms with Crippen molar-refractivity contribution >= 4 is 16.9 Å². The summed E-state index contributed by atoms with van der Waals surface area (Å²) in [6.45, 7) is 1.45. The molecule has 0 spiro atoms. The first-order chi connectivity index (χ1) is 14.6. The number of hydrogen-bond donors (Lipinski definition) is 2. The molecule has 0 saturated carbocycles. The SMILES string of the molecule is O=C(O)N1CCC(c2ccc(CCO)cc2)C(OCc2ccc3ccccc3c2)C1. The molecule has 1 heterocycles. The van der Waals surface area contributed by atoms with Gasteiger partial charge in [-0.2, -0.15) is 0 Å². The molecule has 2 unspecified atom stereocenters. The molecule has 1 aliphatic rings. The molecule has 1 saturated heterocycles. The van der Waals surface area contributed by atoms with E-state index in [4.69, 9.17) is 9.84 Å². The Bertz CT molecular complexity index is 1000. The van der Waals surface area contributed by atoms with Crippen molar-refractivity contribution in [3.8, 4) is 0 Å². The van der Waals surface area contributed by atoms with Gasteiger partial charge >= 0.3 is 6.09 Å². The van der Waals surface area contributed by atoms with Crippen LogP contribution in [0.15, 0.2) is 66.7 Å². The highest BCUT2D eigenvalue weighted by Gasteiger charge is 2.33. The quantitative estimate of drug-likeness (QED) is 0.637. The average Bonchev–Trinajstić information content (AvgIpc) is 2.78. The molecule has 4 rings (SSSR count). The molecule has 3 aromatic rings. The van der Waals surface area contributed by atoms with Gasteiger partial charge in [0.1, 0.15) is 0 Å². The maximum Gasteiger partial charge on any atom is 0.407 e. The molecule has 2 N–H and O–H groups in total. The molecule has 30 heavy (non-hydrogen) atoms. The number of carbonyl (C=O) groups is 1. The summed E-state index contributed by atoms with van der Waals surface area (Å²) in [7, 11) is 0. The second kappa shape index (κ2) is 9.28. The van der Waals surface area contributed by atoms with Crippen molar-refractivity contribution in [1.82, 2.24) is 4.90 Å². The lowest BCUT2D eigenvalue weighted by Crippen LogP contribution is -2.46. The Morgan fingerprint density at radius 1 is 1.00 bits per heavy atom. The van der Waals surface area contributed by atoms with E-state index in [1.54, 1.807) is 0 Å². The summed E-state index contributed by atoms with van der Waals surface area (Å²) < 4.78 is 6.30. The molecule has 0 aromatic heterocycles. The van der Waals surface area contributed by atoms with E-state index in [0.717, 1.165) is 23.1 Å². The lowest BCUT2D eigenvalue weighted by molar-refractivity contribution is -0.0199. The highest BCUT2D eigenvalue weighted by atomic mass is 16.5. The van der Waals surface area contributed by atoms with Crippen LogP contribution >= 0.6 is 0 Å². The smallest absolute Gasteiger partial charge is 0.407 e. The van der Waals surface area contributed by atoms with E-state index < -0.39 is 6.09 Å². The molecule has 0 bridgehead atoms. The molecule has 1 amide bonds. The number of benzene rings is 3. The first-order valence-electron chi connectivity index (χ1n) is 10.4. The largest absolute Gasteiger partial charge is 0.465 e. The molecule has 5 heteroatoms. The third-order valence-electron chi connectivity index (χ3n) is 5.92. The van der Waals surface area contributed by atoms with Crippen molar-refractivity contribution in [3.05, 3.63) is 83.4 Å². The van der Waals surface area contributed by atoms with Gasteiger partial charge in [-0.25, -0.2) is 4.79 Å². The Morgan fingerprint density at radius 2 is 1.73 bits per heavy atom. The summed E-state index contributed by atoms with van der Waals surface area (Å²) in [4.78, 5) is 13.0. The van der Waals surface area contributed by atoms with Gasteiger partial charge in [-0.05, 0) is 46.4 Å². The van der Waals surface area contributed by atoms with Crippen LogP contribution in [0.2, 0.25) is 0 Å². The minimum absolute atomic E-state index is 0.133. The van der Waals surface area contributed by atoms with Crippen molar-refractivity contribution in [3.63, 3.8) is 0 Å². The number of fused-ring (bicyclic) bond motifs is 1. The van der Waals surface area contributed by atoms with Gasteiger partial charge in [-0.3, -0.25) is 0 Å². The van der Waals surface area contributed by atoms with Crippen molar-refractivity contribution in [2.24, 2.45) is 0 Å².